The smallest absolute Gasteiger partial charge is 0.0338 e. The Hall–Kier alpha value is -1.60. The van der Waals surface area contributed by atoms with Gasteiger partial charge in [0.05, 0.1) is 0 Å². The summed E-state index contributed by atoms with van der Waals surface area (Å²) in [4.78, 5) is 0. The minimum absolute atomic E-state index is 0.102. The van der Waals surface area contributed by atoms with Crippen molar-refractivity contribution in [2.45, 2.75) is 45.1 Å². The van der Waals surface area contributed by atoms with Crippen LogP contribution in [0.4, 0.5) is 0 Å². The number of rotatable bonds is 4. The van der Waals surface area contributed by atoms with E-state index in [1.165, 1.54) is 41.5 Å². The molecule has 2 aromatic rings. The maximum atomic E-state index is 6.45. The van der Waals surface area contributed by atoms with Crippen molar-refractivity contribution in [2.75, 3.05) is 0 Å². The van der Waals surface area contributed by atoms with Crippen molar-refractivity contribution in [1.82, 2.24) is 0 Å². The quantitative estimate of drug-likeness (QED) is 0.889. The summed E-state index contributed by atoms with van der Waals surface area (Å²) in [6.07, 6.45) is 5.78. The van der Waals surface area contributed by atoms with Crippen LogP contribution in [0.15, 0.2) is 42.5 Å². The van der Waals surface area contributed by atoms with Crippen LogP contribution in [0.5, 0.6) is 0 Å². The molecule has 0 fully saturated rings. The lowest BCUT2D eigenvalue weighted by molar-refractivity contribution is 0.711. The van der Waals surface area contributed by atoms with Gasteiger partial charge in [-0.25, -0.2) is 0 Å². The number of aryl methyl sites for hydroxylation is 3. The summed E-state index contributed by atoms with van der Waals surface area (Å²) in [5, 5.41) is 0. The highest BCUT2D eigenvalue weighted by Crippen LogP contribution is 2.26. The second-order valence-corrected chi connectivity index (χ2v) is 5.82. The zero-order valence-corrected chi connectivity index (χ0v) is 12.2. The van der Waals surface area contributed by atoms with E-state index in [2.05, 4.69) is 49.4 Å². The van der Waals surface area contributed by atoms with Crippen molar-refractivity contribution < 1.29 is 0 Å². The molecule has 1 unspecified atom stereocenters. The highest BCUT2D eigenvalue weighted by atomic mass is 14.6. The predicted octanol–water partition coefficient (Wildman–Crippen LogP) is 3.98. The molecule has 1 heteroatoms. The summed E-state index contributed by atoms with van der Waals surface area (Å²) >= 11 is 0. The number of benzene rings is 2. The van der Waals surface area contributed by atoms with E-state index in [4.69, 9.17) is 5.73 Å². The van der Waals surface area contributed by atoms with Crippen LogP contribution in [0.25, 0.3) is 0 Å². The standard InChI is InChI=1S/C19H23N/c1-2-15-6-3-4-9-18(15)19(20)13-14-10-11-16-7-5-8-17(16)12-14/h3-4,6,9-12,19H,2,5,7-8,13,20H2,1H3. The Kier molecular flexibility index (Phi) is 3.88. The SMILES string of the molecule is CCc1ccccc1C(N)Cc1ccc2c(c1)CCC2. The van der Waals surface area contributed by atoms with Crippen LogP contribution in [0.2, 0.25) is 0 Å². The molecule has 1 nitrogen and oxygen atoms in total. The van der Waals surface area contributed by atoms with E-state index >= 15 is 0 Å². The molecule has 0 bridgehead atoms. The number of nitrogens with two attached hydrogens (primary N) is 1. The first-order valence-corrected chi connectivity index (χ1v) is 7.72. The second-order valence-electron chi connectivity index (χ2n) is 5.82. The van der Waals surface area contributed by atoms with E-state index in [0.717, 1.165) is 12.8 Å². The number of fused-ring (bicyclic) bond motifs is 1. The van der Waals surface area contributed by atoms with E-state index < -0.39 is 0 Å². The molecule has 0 aliphatic heterocycles. The van der Waals surface area contributed by atoms with Gasteiger partial charge in [0.1, 0.15) is 0 Å². The lowest BCUT2D eigenvalue weighted by atomic mass is 9.93. The summed E-state index contributed by atoms with van der Waals surface area (Å²) < 4.78 is 0. The van der Waals surface area contributed by atoms with Gasteiger partial charge in [0.2, 0.25) is 0 Å². The Balaban J connectivity index is 1.80. The Morgan fingerprint density at radius 1 is 1.05 bits per heavy atom. The van der Waals surface area contributed by atoms with Crippen molar-refractivity contribution >= 4 is 0 Å². The number of hydrogen-bond donors (Lipinski definition) is 1. The van der Waals surface area contributed by atoms with Gasteiger partial charge in [-0.15, -0.1) is 0 Å². The maximum Gasteiger partial charge on any atom is 0.0338 e. The molecule has 0 spiro atoms. The van der Waals surface area contributed by atoms with Gasteiger partial charge in [0.15, 0.2) is 0 Å². The first-order valence-electron chi connectivity index (χ1n) is 7.72. The zero-order valence-electron chi connectivity index (χ0n) is 12.2. The molecule has 1 aliphatic rings. The first kappa shape index (κ1) is 13.4. The monoisotopic (exact) mass is 265 g/mol. The summed E-state index contributed by atoms with van der Waals surface area (Å²) in [5.74, 6) is 0. The van der Waals surface area contributed by atoms with Crippen molar-refractivity contribution in [3.8, 4) is 0 Å². The Morgan fingerprint density at radius 2 is 1.85 bits per heavy atom. The Bertz CT molecular complexity index is 600. The molecule has 3 rings (SSSR count). The highest BCUT2D eigenvalue weighted by molar-refractivity contribution is 5.37. The first-order chi connectivity index (χ1) is 9.78. The van der Waals surface area contributed by atoms with Crippen LogP contribution in [-0.4, -0.2) is 0 Å². The summed E-state index contributed by atoms with van der Waals surface area (Å²) in [7, 11) is 0. The van der Waals surface area contributed by atoms with E-state index in [9.17, 15) is 0 Å². The van der Waals surface area contributed by atoms with Gasteiger partial charge >= 0.3 is 0 Å². The van der Waals surface area contributed by atoms with E-state index in [1.807, 2.05) is 0 Å². The van der Waals surface area contributed by atoms with Crippen molar-refractivity contribution in [1.29, 1.82) is 0 Å². The molecule has 0 amide bonds. The fourth-order valence-electron chi connectivity index (χ4n) is 3.33. The van der Waals surface area contributed by atoms with Gasteiger partial charge in [-0.05, 0) is 59.9 Å². The molecule has 2 aromatic carbocycles. The van der Waals surface area contributed by atoms with Crippen LogP contribution >= 0.6 is 0 Å². The summed E-state index contributed by atoms with van der Waals surface area (Å²) in [6, 6.07) is 15.6. The highest BCUT2D eigenvalue weighted by Gasteiger charge is 2.14. The molecular formula is C19H23N. The molecule has 1 aliphatic carbocycles. The van der Waals surface area contributed by atoms with Crippen LogP contribution in [0.3, 0.4) is 0 Å². The number of hydrogen-bond acceptors (Lipinski definition) is 1. The summed E-state index contributed by atoms with van der Waals surface area (Å²) in [5.41, 5.74) is 13.6. The largest absolute Gasteiger partial charge is 0.324 e. The minimum atomic E-state index is 0.102. The maximum absolute atomic E-state index is 6.45. The van der Waals surface area contributed by atoms with E-state index in [-0.39, 0.29) is 6.04 Å². The normalized spacial score (nSPS) is 15.1. The van der Waals surface area contributed by atoms with Crippen LogP contribution in [0.1, 0.15) is 47.2 Å². The fourth-order valence-corrected chi connectivity index (χ4v) is 3.33. The minimum Gasteiger partial charge on any atom is -0.324 e. The van der Waals surface area contributed by atoms with Crippen LogP contribution in [0, 0.1) is 0 Å². The molecule has 1 atom stereocenters. The van der Waals surface area contributed by atoms with Crippen molar-refractivity contribution in [3.05, 3.63) is 70.3 Å². The Morgan fingerprint density at radius 3 is 2.70 bits per heavy atom. The average molecular weight is 265 g/mol. The van der Waals surface area contributed by atoms with Gasteiger partial charge in [0, 0.05) is 6.04 Å². The van der Waals surface area contributed by atoms with Gasteiger partial charge in [0.25, 0.3) is 0 Å². The molecule has 0 saturated carbocycles. The van der Waals surface area contributed by atoms with Crippen LogP contribution in [-0.2, 0) is 25.7 Å². The fraction of sp³-hybridized carbons (Fsp3) is 0.368. The molecule has 0 aromatic heterocycles. The molecule has 20 heavy (non-hydrogen) atoms. The molecule has 0 heterocycles. The third-order valence-electron chi connectivity index (χ3n) is 4.45. The van der Waals surface area contributed by atoms with Crippen molar-refractivity contribution in [2.24, 2.45) is 5.73 Å². The molecule has 0 radical (unpaired) electrons. The summed E-state index contributed by atoms with van der Waals surface area (Å²) in [6.45, 7) is 2.20. The zero-order chi connectivity index (χ0) is 13.9. The van der Waals surface area contributed by atoms with Gasteiger partial charge in [-0.1, -0.05) is 49.4 Å². The molecular weight excluding hydrogens is 242 g/mol. The van der Waals surface area contributed by atoms with E-state index in [0.29, 0.717) is 0 Å². The third-order valence-corrected chi connectivity index (χ3v) is 4.45. The van der Waals surface area contributed by atoms with Crippen LogP contribution < -0.4 is 5.73 Å². The molecule has 104 valence electrons. The predicted molar refractivity (Wildman–Crippen MR) is 84.9 cm³/mol. The second kappa shape index (κ2) is 5.80. The third kappa shape index (κ3) is 2.64. The topological polar surface area (TPSA) is 26.0 Å². The molecule has 2 N–H and O–H groups in total. The Labute approximate surface area is 121 Å². The van der Waals surface area contributed by atoms with E-state index in [1.54, 1.807) is 5.56 Å². The average Bonchev–Trinajstić information content (AvgIpc) is 2.94. The molecule has 0 saturated heterocycles. The van der Waals surface area contributed by atoms with Gasteiger partial charge < -0.3 is 5.73 Å². The van der Waals surface area contributed by atoms with Gasteiger partial charge in [-0.3, -0.25) is 0 Å². The lowest BCUT2D eigenvalue weighted by Gasteiger charge is -2.16. The van der Waals surface area contributed by atoms with Crippen molar-refractivity contribution in [3.63, 3.8) is 0 Å². The lowest BCUT2D eigenvalue weighted by Crippen LogP contribution is -2.15. The van der Waals surface area contributed by atoms with Gasteiger partial charge in [-0.2, -0.15) is 0 Å².